The molecular weight excluding hydrogens is 367 g/mol. The molecule has 2 N–H and O–H groups in total. The number of ether oxygens (including phenoxy) is 1. The van der Waals surface area contributed by atoms with Crippen LogP contribution in [-0.2, 0) is 9.63 Å². The van der Waals surface area contributed by atoms with Gasteiger partial charge in [-0.2, -0.15) is 10.2 Å². The molecule has 0 atom stereocenters. The Kier molecular flexibility index (Phi) is 6.27. The van der Waals surface area contributed by atoms with Crippen LogP contribution >= 0.6 is 23.2 Å². The molecule has 0 amide bonds. The fourth-order valence-corrected chi connectivity index (χ4v) is 3.01. The summed E-state index contributed by atoms with van der Waals surface area (Å²) in [4.78, 5) is 16.5. The number of nitrogens with one attached hydrogen (secondary N) is 2. The second-order valence-electron chi connectivity index (χ2n) is 5.08. The van der Waals surface area contributed by atoms with E-state index in [4.69, 9.17) is 38.2 Å². The normalized spacial score (nSPS) is 10.4. The highest BCUT2D eigenvalue weighted by atomic mass is 35.5. The molecule has 0 aliphatic carbocycles. The summed E-state index contributed by atoms with van der Waals surface area (Å²) in [6, 6.07) is 3.32. The van der Waals surface area contributed by atoms with Gasteiger partial charge >= 0.3 is 5.97 Å². The van der Waals surface area contributed by atoms with Crippen LogP contribution in [0, 0.1) is 12.3 Å². The third-order valence-corrected chi connectivity index (χ3v) is 3.85. The number of aromatic amines is 1. The predicted molar refractivity (Wildman–Crippen MR) is 97.8 cm³/mol. The van der Waals surface area contributed by atoms with Gasteiger partial charge in [0.1, 0.15) is 5.75 Å². The van der Waals surface area contributed by atoms with Crippen LogP contribution in [0.1, 0.15) is 19.5 Å². The van der Waals surface area contributed by atoms with Gasteiger partial charge < -0.3 is 15.0 Å². The molecule has 1 aromatic carbocycles. The molecule has 0 bridgehead atoms. The molecule has 1 aromatic heterocycles. The third kappa shape index (κ3) is 4.24. The van der Waals surface area contributed by atoms with Crippen molar-refractivity contribution in [3.8, 4) is 16.9 Å². The maximum Gasteiger partial charge on any atom is 0.329 e. The van der Waals surface area contributed by atoms with Crippen LogP contribution in [0.4, 0.5) is 5.82 Å². The zero-order valence-electron chi connectivity index (χ0n) is 14.0. The Hall–Kier alpha value is -2.25. The second-order valence-corrected chi connectivity index (χ2v) is 5.89. The van der Waals surface area contributed by atoms with Crippen molar-refractivity contribution < 1.29 is 14.4 Å². The van der Waals surface area contributed by atoms with Crippen molar-refractivity contribution in [2.45, 2.75) is 20.8 Å². The standard InChI is InChI=1S/C16H18Cl2N4O3/c1-4-24-11-7-12(17)15(13(18)8-11)14-9(2)20-21-16(14)22(6-5-19)25-10(3)23/h5,7-8,19H,4,6H2,1-3H3,(H,20,21). The van der Waals surface area contributed by atoms with Gasteiger partial charge in [-0.3, -0.25) is 9.89 Å². The van der Waals surface area contributed by atoms with Crippen molar-refractivity contribution in [1.82, 2.24) is 10.2 Å². The number of hydrogen-bond donors (Lipinski definition) is 2. The zero-order valence-corrected chi connectivity index (χ0v) is 15.5. The number of aryl methyl sites for hydroxylation is 1. The summed E-state index contributed by atoms with van der Waals surface area (Å²) in [5.74, 6) is 0.411. The first kappa shape index (κ1) is 19.1. The van der Waals surface area contributed by atoms with Gasteiger partial charge in [0, 0.05) is 18.7 Å². The minimum Gasteiger partial charge on any atom is -0.494 e. The number of benzene rings is 1. The minimum absolute atomic E-state index is 0.0421. The number of rotatable bonds is 7. The molecule has 2 rings (SSSR count). The first-order valence-electron chi connectivity index (χ1n) is 7.51. The van der Waals surface area contributed by atoms with Gasteiger partial charge in [-0.25, -0.2) is 0 Å². The maximum atomic E-state index is 11.4. The number of nitrogens with zero attached hydrogens (tertiary/aromatic N) is 2. The summed E-state index contributed by atoms with van der Waals surface area (Å²) in [5.41, 5.74) is 1.74. The summed E-state index contributed by atoms with van der Waals surface area (Å²) >= 11 is 12.8. The van der Waals surface area contributed by atoms with E-state index in [0.29, 0.717) is 45.0 Å². The smallest absolute Gasteiger partial charge is 0.329 e. The number of carbonyl (C=O) groups is 1. The molecule has 2 aromatic rings. The molecule has 0 fully saturated rings. The SMILES string of the molecule is CCOc1cc(Cl)c(-c2c(C)n[nH]c2N(CC=N)OC(C)=O)c(Cl)c1. The lowest BCUT2D eigenvalue weighted by atomic mass is 10.0. The number of aromatic nitrogens is 2. The molecule has 0 unspecified atom stereocenters. The van der Waals surface area contributed by atoms with Crippen LogP contribution in [0.15, 0.2) is 12.1 Å². The Bertz CT molecular complexity index is 769. The van der Waals surface area contributed by atoms with Crippen molar-refractivity contribution in [1.29, 1.82) is 5.41 Å². The van der Waals surface area contributed by atoms with Crippen LogP contribution in [0.2, 0.25) is 10.0 Å². The monoisotopic (exact) mass is 384 g/mol. The number of anilines is 1. The first-order chi connectivity index (χ1) is 11.9. The summed E-state index contributed by atoms with van der Waals surface area (Å²) in [6.45, 7) is 5.44. The average molecular weight is 385 g/mol. The van der Waals surface area contributed by atoms with Gasteiger partial charge in [0.2, 0.25) is 0 Å². The molecule has 0 aliphatic rings. The van der Waals surface area contributed by atoms with Crippen molar-refractivity contribution in [3.63, 3.8) is 0 Å². The van der Waals surface area contributed by atoms with Crippen LogP contribution < -0.4 is 9.80 Å². The molecule has 0 aliphatic heterocycles. The van der Waals surface area contributed by atoms with E-state index in [1.165, 1.54) is 12.0 Å². The number of halogens is 2. The number of H-pyrrole nitrogens is 1. The largest absolute Gasteiger partial charge is 0.494 e. The van der Waals surface area contributed by atoms with Crippen molar-refractivity contribution in [3.05, 3.63) is 27.9 Å². The van der Waals surface area contributed by atoms with Crippen LogP contribution in [0.5, 0.6) is 5.75 Å². The van der Waals surface area contributed by atoms with E-state index in [0.717, 1.165) is 6.21 Å². The Morgan fingerprint density at radius 2 is 2.00 bits per heavy atom. The van der Waals surface area contributed by atoms with E-state index in [9.17, 15) is 4.79 Å². The lowest BCUT2D eigenvalue weighted by Gasteiger charge is -2.21. The molecule has 1 heterocycles. The molecule has 9 heteroatoms. The highest BCUT2D eigenvalue weighted by molar-refractivity contribution is 6.39. The molecule has 0 saturated heterocycles. The Labute approximate surface area is 155 Å². The van der Waals surface area contributed by atoms with E-state index in [1.807, 2.05) is 6.92 Å². The maximum absolute atomic E-state index is 11.4. The van der Waals surface area contributed by atoms with E-state index < -0.39 is 5.97 Å². The molecule has 0 saturated carbocycles. The van der Waals surface area contributed by atoms with Crippen molar-refractivity contribution in [2.75, 3.05) is 18.2 Å². The highest BCUT2D eigenvalue weighted by Crippen LogP contribution is 2.43. The predicted octanol–water partition coefficient (Wildman–Crippen LogP) is 4.02. The summed E-state index contributed by atoms with van der Waals surface area (Å²) < 4.78 is 5.44. The molecule has 0 spiro atoms. The van der Waals surface area contributed by atoms with Crippen molar-refractivity contribution >= 4 is 41.2 Å². The van der Waals surface area contributed by atoms with Crippen LogP contribution in [0.25, 0.3) is 11.1 Å². The summed E-state index contributed by atoms with van der Waals surface area (Å²) in [5, 5.41) is 16.3. The van der Waals surface area contributed by atoms with E-state index in [2.05, 4.69) is 10.2 Å². The van der Waals surface area contributed by atoms with Crippen LogP contribution in [0.3, 0.4) is 0 Å². The van der Waals surface area contributed by atoms with Gasteiger partial charge in [0.15, 0.2) is 5.82 Å². The molecular formula is C16H18Cl2N4O3. The Morgan fingerprint density at radius 3 is 2.52 bits per heavy atom. The zero-order chi connectivity index (χ0) is 18.6. The Morgan fingerprint density at radius 1 is 1.36 bits per heavy atom. The molecule has 134 valence electrons. The Balaban J connectivity index is 2.58. The average Bonchev–Trinajstić information content (AvgIpc) is 2.88. The van der Waals surface area contributed by atoms with E-state index in [-0.39, 0.29) is 6.54 Å². The summed E-state index contributed by atoms with van der Waals surface area (Å²) in [6.07, 6.45) is 1.10. The van der Waals surface area contributed by atoms with E-state index in [1.54, 1.807) is 19.1 Å². The molecule has 25 heavy (non-hydrogen) atoms. The molecule has 7 nitrogen and oxygen atoms in total. The number of hydroxylamine groups is 1. The van der Waals surface area contributed by atoms with E-state index >= 15 is 0 Å². The fourth-order valence-electron chi connectivity index (χ4n) is 2.35. The lowest BCUT2D eigenvalue weighted by Crippen LogP contribution is -2.28. The third-order valence-electron chi connectivity index (χ3n) is 3.25. The minimum atomic E-state index is -0.524. The highest BCUT2D eigenvalue weighted by Gasteiger charge is 2.24. The summed E-state index contributed by atoms with van der Waals surface area (Å²) in [7, 11) is 0. The van der Waals surface area contributed by atoms with Gasteiger partial charge in [-0.05, 0) is 26.0 Å². The first-order valence-corrected chi connectivity index (χ1v) is 8.26. The lowest BCUT2D eigenvalue weighted by molar-refractivity contribution is -0.142. The van der Waals surface area contributed by atoms with Gasteiger partial charge in [0.05, 0.1) is 34.5 Å². The topological polar surface area (TPSA) is 91.3 Å². The van der Waals surface area contributed by atoms with Gasteiger partial charge in [-0.15, -0.1) is 0 Å². The van der Waals surface area contributed by atoms with Crippen molar-refractivity contribution in [2.24, 2.45) is 0 Å². The quantitative estimate of drug-likeness (QED) is 0.555. The fraction of sp³-hybridized carbons (Fsp3) is 0.312. The van der Waals surface area contributed by atoms with Gasteiger partial charge in [-0.1, -0.05) is 23.2 Å². The number of carbonyl (C=O) groups excluding carboxylic acids is 1. The number of hydrogen-bond acceptors (Lipinski definition) is 6. The second kappa shape index (κ2) is 8.22. The van der Waals surface area contributed by atoms with Gasteiger partial charge in [0.25, 0.3) is 0 Å². The van der Waals surface area contributed by atoms with Crippen LogP contribution in [-0.4, -0.2) is 35.5 Å². The molecule has 0 radical (unpaired) electrons.